The minimum absolute atomic E-state index is 0.0232. The summed E-state index contributed by atoms with van der Waals surface area (Å²) >= 11 is 12.1. The number of ether oxygens (including phenoxy) is 2. The molecule has 0 radical (unpaired) electrons. The summed E-state index contributed by atoms with van der Waals surface area (Å²) in [7, 11) is 0. The molecule has 3 atom stereocenters. The molecule has 1 aromatic heterocycles. The maximum Gasteiger partial charge on any atom is 0.272 e. The van der Waals surface area contributed by atoms with E-state index in [0.29, 0.717) is 0 Å². The fraction of sp³-hybridized carbons (Fsp3) is 0.350. The Labute approximate surface area is 191 Å². The van der Waals surface area contributed by atoms with Gasteiger partial charge in [0.25, 0.3) is 6.43 Å². The molecular formula is C20H18Cl2F3N3O4. The average molecular weight is 492 g/mol. The van der Waals surface area contributed by atoms with Crippen molar-refractivity contribution in [2.24, 2.45) is 11.7 Å². The fourth-order valence-electron chi connectivity index (χ4n) is 3.15. The molecule has 1 fully saturated rings. The second-order valence-electron chi connectivity index (χ2n) is 7.05. The van der Waals surface area contributed by atoms with Gasteiger partial charge in [0.15, 0.2) is 0 Å². The van der Waals surface area contributed by atoms with Gasteiger partial charge in [-0.15, -0.1) is 0 Å². The van der Waals surface area contributed by atoms with Crippen molar-refractivity contribution in [3.8, 4) is 16.9 Å². The number of benzene rings is 1. The summed E-state index contributed by atoms with van der Waals surface area (Å²) in [5.74, 6) is -2.91. The number of carbonyl (C=O) groups is 2. The molecule has 172 valence electrons. The Morgan fingerprint density at radius 3 is 2.62 bits per heavy atom. The molecule has 2 heterocycles. The van der Waals surface area contributed by atoms with Crippen LogP contribution in [0.1, 0.15) is 18.7 Å². The Morgan fingerprint density at radius 1 is 1.34 bits per heavy atom. The van der Waals surface area contributed by atoms with Crippen LogP contribution in [0.4, 0.5) is 13.2 Å². The number of nitrogens with one attached hydrogen (secondary N) is 1. The lowest BCUT2D eigenvalue weighted by atomic mass is 9.96. The largest absolute Gasteiger partial charge is 0.485 e. The molecule has 1 aromatic carbocycles. The van der Waals surface area contributed by atoms with Crippen LogP contribution < -0.4 is 15.8 Å². The zero-order valence-corrected chi connectivity index (χ0v) is 18.1. The Morgan fingerprint density at radius 2 is 2.06 bits per heavy atom. The summed E-state index contributed by atoms with van der Waals surface area (Å²) in [5.41, 5.74) is 5.42. The minimum Gasteiger partial charge on any atom is -0.485 e. The van der Waals surface area contributed by atoms with Crippen LogP contribution in [0.15, 0.2) is 24.4 Å². The number of amides is 2. The molecule has 2 amide bonds. The Kier molecular flexibility index (Phi) is 7.47. The number of primary amides is 1. The van der Waals surface area contributed by atoms with Crippen LogP contribution in [0.2, 0.25) is 10.0 Å². The van der Waals surface area contributed by atoms with Gasteiger partial charge in [0.2, 0.25) is 11.8 Å². The van der Waals surface area contributed by atoms with Crippen molar-refractivity contribution in [2.45, 2.75) is 25.5 Å². The Hall–Kier alpha value is -2.56. The second-order valence-corrected chi connectivity index (χ2v) is 7.89. The standard InChI is InChI=1S/C20H18Cl2F3N3O4/c1-8(28-20(30)12-6-31-18(12)19(26)29)16-14(23)2-9(5-27-16)11-3-10(21)4-13(22)17(11)32-7-15(24)25/h2-5,8,12,15,18H,6-7H2,1H3,(H2,26,29)(H,28,30)/t8-,12?,18?/m1/s1. The van der Waals surface area contributed by atoms with Crippen molar-refractivity contribution in [2.75, 3.05) is 13.2 Å². The van der Waals surface area contributed by atoms with Gasteiger partial charge in [-0.1, -0.05) is 23.2 Å². The molecule has 12 heteroatoms. The monoisotopic (exact) mass is 491 g/mol. The summed E-state index contributed by atoms with van der Waals surface area (Å²) in [6.07, 6.45) is -2.50. The number of aromatic nitrogens is 1. The van der Waals surface area contributed by atoms with E-state index in [1.807, 2.05) is 0 Å². The topological polar surface area (TPSA) is 104 Å². The van der Waals surface area contributed by atoms with Crippen LogP contribution in [0, 0.1) is 11.7 Å². The maximum absolute atomic E-state index is 14.8. The SMILES string of the molecule is C[C@@H](NC(=O)C1COC1C(N)=O)c1ncc(-c2cc(Cl)cc(Cl)c2OCC(F)F)cc1F. The smallest absolute Gasteiger partial charge is 0.272 e. The van der Waals surface area contributed by atoms with Gasteiger partial charge in [0, 0.05) is 22.3 Å². The number of nitrogens with zero attached hydrogens (tertiary/aromatic N) is 1. The average Bonchev–Trinajstić information content (AvgIpc) is 2.64. The van der Waals surface area contributed by atoms with Gasteiger partial charge in [0.1, 0.15) is 24.3 Å². The van der Waals surface area contributed by atoms with Gasteiger partial charge >= 0.3 is 0 Å². The lowest BCUT2D eigenvalue weighted by Gasteiger charge is -2.33. The summed E-state index contributed by atoms with van der Waals surface area (Å²) in [5, 5.41) is 2.73. The summed E-state index contributed by atoms with van der Waals surface area (Å²) < 4.78 is 50.1. The fourth-order valence-corrected chi connectivity index (χ4v) is 3.70. The number of carbonyl (C=O) groups excluding carboxylic acids is 2. The van der Waals surface area contributed by atoms with E-state index < -0.39 is 48.7 Å². The van der Waals surface area contributed by atoms with Crippen LogP contribution in [0.3, 0.4) is 0 Å². The molecule has 3 rings (SSSR count). The molecule has 2 aromatic rings. The van der Waals surface area contributed by atoms with Crippen molar-refractivity contribution < 1.29 is 32.2 Å². The third kappa shape index (κ3) is 5.25. The van der Waals surface area contributed by atoms with Crippen LogP contribution in [-0.4, -0.2) is 42.5 Å². The highest BCUT2D eigenvalue weighted by molar-refractivity contribution is 6.36. The third-order valence-corrected chi connectivity index (χ3v) is 5.25. The van der Waals surface area contributed by atoms with E-state index in [9.17, 15) is 22.8 Å². The molecule has 7 nitrogen and oxygen atoms in total. The first kappa shape index (κ1) is 24.1. The number of nitrogens with two attached hydrogens (primary N) is 1. The van der Waals surface area contributed by atoms with E-state index in [1.165, 1.54) is 25.3 Å². The molecule has 32 heavy (non-hydrogen) atoms. The van der Waals surface area contributed by atoms with Crippen LogP contribution in [0.25, 0.3) is 11.1 Å². The first-order valence-corrected chi connectivity index (χ1v) is 10.1. The molecule has 3 N–H and O–H groups in total. The highest BCUT2D eigenvalue weighted by atomic mass is 35.5. The van der Waals surface area contributed by atoms with Crippen molar-refractivity contribution in [1.29, 1.82) is 0 Å². The molecule has 1 aliphatic heterocycles. The molecule has 0 spiro atoms. The highest BCUT2D eigenvalue weighted by Gasteiger charge is 2.42. The second kappa shape index (κ2) is 9.93. The zero-order chi connectivity index (χ0) is 23.6. The number of alkyl halides is 2. The molecule has 0 aliphatic carbocycles. The summed E-state index contributed by atoms with van der Waals surface area (Å²) in [4.78, 5) is 27.6. The maximum atomic E-state index is 14.8. The molecular weight excluding hydrogens is 474 g/mol. The molecule has 1 aliphatic rings. The normalized spacial score (nSPS) is 18.7. The number of hydrogen-bond acceptors (Lipinski definition) is 5. The van der Waals surface area contributed by atoms with Crippen LogP contribution >= 0.6 is 23.2 Å². The molecule has 2 unspecified atom stereocenters. The number of rotatable bonds is 8. The van der Waals surface area contributed by atoms with Gasteiger partial charge < -0.3 is 20.5 Å². The Balaban J connectivity index is 1.82. The van der Waals surface area contributed by atoms with Crippen LogP contribution in [0.5, 0.6) is 5.75 Å². The zero-order valence-electron chi connectivity index (χ0n) is 16.6. The quantitative estimate of drug-likeness (QED) is 0.587. The predicted octanol–water partition coefficient (Wildman–Crippen LogP) is 3.52. The van der Waals surface area contributed by atoms with Crippen LogP contribution in [-0.2, 0) is 14.3 Å². The van der Waals surface area contributed by atoms with Crippen molar-refractivity contribution >= 4 is 35.0 Å². The van der Waals surface area contributed by atoms with Gasteiger partial charge in [-0.05, 0) is 25.1 Å². The highest BCUT2D eigenvalue weighted by Crippen LogP contribution is 2.39. The lowest BCUT2D eigenvalue weighted by molar-refractivity contribution is -0.168. The van der Waals surface area contributed by atoms with Crippen molar-refractivity contribution in [3.63, 3.8) is 0 Å². The lowest BCUT2D eigenvalue weighted by Crippen LogP contribution is -2.55. The van der Waals surface area contributed by atoms with E-state index in [2.05, 4.69) is 10.3 Å². The number of hydrogen-bond donors (Lipinski definition) is 2. The van der Waals surface area contributed by atoms with E-state index in [0.717, 1.165) is 6.07 Å². The minimum atomic E-state index is -2.74. The van der Waals surface area contributed by atoms with E-state index in [-0.39, 0.29) is 39.2 Å². The summed E-state index contributed by atoms with van der Waals surface area (Å²) in [6, 6.07) is 2.95. The molecule has 1 saturated heterocycles. The van der Waals surface area contributed by atoms with E-state index in [4.69, 9.17) is 38.4 Å². The Bertz CT molecular complexity index is 1040. The van der Waals surface area contributed by atoms with Gasteiger partial charge in [0.05, 0.1) is 29.3 Å². The predicted molar refractivity (Wildman–Crippen MR) is 110 cm³/mol. The van der Waals surface area contributed by atoms with Gasteiger partial charge in [-0.3, -0.25) is 14.6 Å². The van der Waals surface area contributed by atoms with Gasteiger partial charge in [-0.25, -0.2) is 13.2 Å². The first-order valence-electron chi connectivity index (χ1n) is 9.35. The van der Waals surface area contributed by atoms with Crippen molar-refractivity contribution in [1.82, 2.24) is 10.3 Å². The van der Waals surface area contributed by atoms with E-state index >= 15 is 0 Å². The van der Waals surface area contributed by atoms with Gasteiger partial charge in [-0.2, -0.15) is 0 Å². The summed E-state index contributed by atoms with van der Waals surface area (Å²) in [6.45, 7) is 0.621. The van der Waals surface area contributed by atoms with Crippen molar-refractivity contribution in [3.05, 3.63) is 46.0 Å². The molecule has 0 saturated carbocycles. The first-order chi connectivity index (χ1) is 15.1. The third-order valence-electron chi connectivity index (χ3n) is 4.75. The molecule has 0 bridgehead atoms. The number of pyridine rings is 1. The van der Waals surface area contributed by atoms with E-state index in [1.54, 1.807) is 0 Å². The number of halogens is 5.